The van der Waals surface area contributed by atoms with Crippen molar-refractivity contribution in [1.29, 1.82) is 0 Å². The molecular formula is C25H24F2N2O5. The number of nitrogens with zero attached hydrogens (tertiary/aromatic N) is 1. The molecule has 34 heavy (non-hydrogen) atoms. The van der Waals surface area contributed by atoms with Gasteiger partial charge in [-0.15, -0.1) is 0 Å². The van der Waals surface area contributed by atoms with Crippen LogP contribution in [-0.4, -0.2) is 36.5 Å². The first-order valence-corrected chi connectivity index (χ1v) is 10.5. The minimum absolute atomic E-state index is 0.0870. The molecule has 0 aliphatic rings. The van der Waals surface area contributed by atoms with E-state index in [-0.39, 0.29) is 37.1 Å². The minimum atomic E-state index is -2.99. The molecule has 7 nitrogen and oxygen atoms in total. The fourth-order valence-corrected chi connectivity index (χ4v) is 3.06. The van der Waals surface area contributed by atoms with E-state index in [1.54, 1.807) is 43.3 Å². The topological polar surface area (TPSA) is 81.0 Å². The highest BCUT2D eigenvalue weighted by atomic mass is 19.3. The Hall–Kier alpha value is -4.14. The maximum atomic E-state index is 12.9. The van der Waals surface area contributed by atoms with E-state index in [9.17, 15) is 18.4 Å². The molecule has 0 aliphatic heterocycles. The van der Waals surface area contributed by atoms with Gasteiger partial charge < -0.3 is 24.1 Å². The monoisotopic (exact) mass is 470 g/mol. The molecule has 0 saturated heterocycles. The van der Waals surface area contributed by atoms with E-state index in [2.05, 4.69) is 10.1 Å². The number of alkyl halides is 2. The van der Waals surface area contributed by atoms with Gasteiger partial charge in [-0.3, -0.25) is 9.59 Å². The van der Waals surface area contributed by atoms with Crippen LogP contribution in [0.5, 0.6) is 11.5 Å². The molecule has 0 aliphatic carbocycles. The van der Waals surface area contributed by atoms with Crippen molar-refractivity contribution in [2.75, 3.05) is 18.5 Å². The first kappa shape index (κ1) is 24.5. The predicted molar refractivity (Wildman–Crippen MR) is 122 cm³/mol. The SMILES string of the molecule is CCOc1cc(/C=C/C(=O)N(CC(=O)Nc2ccccc2)Cc2ccco2)ccc1OC(F)F. The molecule has 1 N–H and O–H groups in total. The van der Waals surface area contributed by atoms with Gasteiger partial charge in [0.05, 0.1) is 19.4 Å². The average Bonchev–Trinajstić information content (AvgIpc) is 3.32. The highest BCUT2D eigenvalue weighted by Crippen LogP contribution is 2.30. The first-order valence-electron chi connectivity index (χ1n) is 10.5. The fraction of sp³-hybridized carbons (Fsp3) is 0.200. The number of anilines is 1. The Morgan fingerprint density at radius 2 is 1.88 bits per heavy atom. The molecule has 0 fully saturated rings. The summed E-state index contributed by atoms with van der Waals surface area (Å²) in [6.45, 7) is -1.14. The van der Waals surface area contributed by atoms with Crippen LogP contribution in [0.15, 0.2) is 77.4 Å². The molecule has 0 spiro atoms. The number of furan rings is 1. The van der Waals surface area contributed by atoms with Gasteiger partial charge >= 0.3 is 6.61 Å². The molecule has 0 bridgehead atoms. The van der Waals surface area contributed by atoms with E-state index >= 15 is 0 Å². The van der Waals surface area contributed by atoms with Crippen LogP contribution in [0.4, 0.5) is 14.5 Å². The molecule has 178 valence electrons. The number of carbonyl (C=O) groups is 2. The smallest absolute Gasteiger partial charge is 0.387 e. The second kappa shape index (κ2) is 12.2. The molecule has 1 aromatic heterocycles. The summed E-state index contributed by atoms with van der Waals surface area (Å²) in [5.74, 6) is -0.261. The Morgan fingerprint density at radius 3 is 2.56 bits per heavy atom. The summed E-state index contributed by atoms with van der Waals surface area (Å²) in [5.41, 5.74) is 1.15. The van der Waals surface area contributed by atoms with Gasteiger partial charge in [0.2, 0.25) is 11.8 Å². The van der Waals surface area contributed by atoms with E-state index in [1.807, 2.05) is 6.07 Å². The zero-order chi connectivity index (χ0) is 24.3. The lowest BCUT2D eigenvalue weighted by atomic mass is 10.2. The van der Waals surface area contributed by atoms with Crippen LogP contribution in [0.1, 0.15) is 18.2 Å². The van der Waals surface area contributed by atoms with Crippen LogP contribution in [0.25, 0.3) is 6.08 Å². The zero-order valence-electron chi connectivity index (χ0n) is 18.4. The molecule has 3 rings (SSSR count). The molecule has 0 atom stereocenters. The third-order valence-electron chi connectivity index (χ3n) is 4.53. The lowest BCUT2D eigenvalue weighted by molar-refractivity contribution is -0.131. The largest absolute Gasteiger partial charge is 0.490 e. The molecule has 9 heteroatoms. The summed E-state index contributed by atoms with van der Waals surface area (Å²) < 4.78 is 40.3. The van der Waals surface area contributed by atoms with E-state index in [0.717, 1.165) is 0 Å². The zero-order valence-corrected chi connectivity index (χ0v) is 18.4. The standard InChI is InChI=1S/C25H24F2N2O5/c1-2-32-22-15-18(10-12-21(22)34-25(26)27)11-13-24(31)29(16-20-9-6-14-33-20)17-23(30)28-19-7-4-3-5-8-19/h3-15,25H,2,16-17H2,1H3,(H,28,30)/b13-11+. The minimum Gasteiger partial charge on any atom is -0.490 e. The van der Waals surface area contributed by atoms with Crippen LogP contribution in [0.2, 0.25) is 0 Å². The quantitative estimate of drug-likeness (QED) is 0.401. The Kier molecular flexibility index (Phi) is 8.79. The molecule has 0 unspecified atom stereocenters. The summed E-state index contributed by atoms with van der Waals surface area (Å²) in [4.78, 5) is 26.8. The molecule has 3 aromatic rings. The number of amides is 2. The molecular weight excluding hydrogens is 446 g/mol. The lowest BCUT2D eigenvalue weighted by Crippen LogP contribution is -2.36. The number of rotatable bonds is 11. The van der Waals surface area contributed by atoms with Crippen molar-refractivity contribution in [2.24, 2.45) is 0 Å². The van der Waals surface area contributed by atoms with Gasteiger partial charge in [-0.25, -0.2) is 0 Å². The second-order valence-corrected chi connectivity index (χ2v) is 7.04. The highest BCUT2D eigenvalue weighted by Gasteiger charge is 2.17. The summed E-state index contributed by atoms with van der Waals surface area (Å²) in [6.07, 6.45) is 4.27. The van der Waals surface area contributed by atoms with Gasteiger partial charge in [-0.05, 0) is 55.0 Å². The number of nitrogens with one attached hydrogen (secondary N) is 1. The number of ether oxygens (including phenoxy) is 2. The number of hydrogen-bond acceptors (Lipinski definition) is 5. The van der Waals surface area contributed by atoms with Crippen molar-refractivity contribution in [3.05, 3.63) is 84.3 Å². The Labute approximate surface area is 195 Å². The molecule has 2 amide bonds. The van der Waals surface area contributed by atoms with Crippen molar-refractivity contribution in [3.8, 4) is 11.5 Å². The maximum Gasteiger partial charge on any atom is 0.387 e. The van der Waals surface area contributed by atoms with Crippen molar-refractivity contribution < 1.29 is 32.3 Å². The van der Waals surface area contributed by atoms with Crippen molar-refractivity contribution in [3.63, 3.8) is 0 Å². The summed E-state index contributed by atoms with van der Waals surface area (Å²) in [7, 11) is 0. The normalized spacial score (nSPS) is 10.9. The molecule has 0 radical (unpaired) electrons. The van der Waals surface area contributed by atoms with Crippen molar-refractivity contribution >= 4 is 23.6 Å². The Bertz CT molecular complexity index is 1100. The van der Waals surface area contributed by atoms with Gasteiger partial charge in [-0.1, -0.05) is 24.3 Å². The first-order chi connectivity index (χ1) is 16.4. The Balaban J connectivity index is 1.73. The van der Waals surface area contributed by atoms with Crippen LogP contribution >= 0.6 is 0 Å². The molecule has 0 saturated carbocycles. The van der Waals surface area contributed by atoms with E-state index in [0.29, 0.717) is 17.0 Å². The summed E-state index contributed by atoms with van der Waals surface area (Å²) >= 11 is 0. The van der Waals surface area contributed by atoms with Crippen molar-refractivity contribution in [2.45, 2.75) is 20.1 Å². The molecule has 1 heterocycles. The van der Waals surface area contributed by atoms with E-state index in [4.69, 9.17) is 9.15 Å². The third-order valence-corrected chi connectivity index (χ3v) is 4.53. The number of benzene rings is 2. The van der Waals surface area contributed by atoms with Crippen LogP contribution in [-0.2, 0) is 16.1 Å². The average molecular weight is 470 g/mol. The summed E-state index contributed by atoms with van der Waals surface area (Å²) in [6, 6.07) is 16.6. The second-order valence-electron chi connectivity index (χ2n) is 7.04. The van der Waals surface area contributed by atoms with Gasteiger partial charge in [0.25, 0.3) is 0 Å². The van der Waals surface area contributed by atoms with Crippen LogP contribution < -0.4 is 14.8 Å². The number of carbonyl (C=O) groups excluding carboxylic acids is 2. The number of halogens is 2. The third kappa shape index (κ3) is 7.47. The molecule has 2 aromatic carbocycles. The maximum absolute atomic E-state index is 12.9. The van der Waals surface area contributed by atoms with Gasteiger partial charge in [0.1, 0.15) is 12.3 Å². The van der Waals surface area contributed by atoms with Gasteiger partial charge in [-0.2, -0.15) is 8.78 Å². The van der Waals surface area contributed by atoms with E-state index in [1.165, 1.54) is 41.5 Å². The number of para-hydroxylation sites is 1. The van der Waals surface area contributed by atoms with E-state index < -0.39 is 12.5 Å². The number of hydrogen-bond donors (Lipinski definition) is 1. The highest BCUT2D eigenvalue weighted by molar-refractivity contribution is 5.98. The van der Waals surface area contributed by atoms with Gasteiger partial charge in [0.15, 0.2) is 11.5 Å². The fourth-order valence-electron chi connectivity index (χ4n) is 3.06. The van der Waals surface area contributed by atoms with Crippen LogP contribution in [0, 0.1) is 0 Å². The lowest BCUT2D eigenvalue weighted by Gasteiger charge is -2.19. The predicted octanol–water partition coefficient (Wildman–Crippen LogP) is 4.96. The van der Waals surface area contributed by atoms with Crippen LogP contribution in [0.3, 0.4) is 0 Å². The van der Waals surface area contributed by atoms with Crippen molar-refractivity contribution in [1.82, 2.24) is 4.90 Å². The van der Waals surface area contributed by atoms with Gasteiger partial charge in [0, 0.05) is 11.8 Å². The Morgan fingerprint density at radius 1 is 1.09 bits per heavy atom. The summed E-state index contributed by atoms with van der Waals surface area (Å²) in [5, 5.41) is 2.74.